The first-order valence-corrected chi connectivity index (χ1v) is 4.52. The van der Waals surface area contributed by atoms with Gasteiger partial charge in [-0.2, -0.15) is 0 Å². The van der Waals surface area contributed by atoms with Crippen molar-refractivity contribution >= 4 is 5.91 Å². The quantitative estimate of drug-likeness (QED) is 0.722. The standard InChI is InChI=1S/C9H15N3O2/c1-6(3-10)9(13)12-5-8-11-4-7(2)14-8/h4,6H,3,5,10H2,1-2H3,(H,12,13). The third-order valence-corrected chi connectivity index (χ3v) is 1.88. The van der Waals surface area contributed by atoms with E-state index in [4.69, 9.17) is 10.2 Å². The van der Waals surface area contributed by atoms with Crippen LogP contribution in [0.2, 0.25) is 0 Å². The number of nitrogens with zero attached hydrogens (tertiary/aromatic N) is 1. The van der Waals surface area contributed by atoms with Crippen molar-refractivity contribution in [3.8, 4) is 0 Å². The Balaban J connectivity index is 2.37. The first-order valence-electron chi connectivity index (χ1n) is 4.52. The van der Waals surface area contributed by atoms with Crippen LogP contribution in [-0.4, -0.2) is 17.4 Å². The largest absolute Gasteiger partial charge is 0.444 e. The van der Waals surface area contributed by atoms with Crippen LogP contribution in [-0.2, 0) is 11.3 Å². The van der Waals surface area contributed by atoms with Gasteiger partial charge in [-0.05, 0) is 6.92 Å². The van der Waals surface area contributed by atoms with E-state index in [1.807, 2.05) is 0 Å². The average molecular weight is 197 g/mol. The normalized spacial score (nSPS) is 12.5. The number of nitrogens with two attached hydrogens (primary N) is 1. The summed E-state index contributed by atoms with van der Waals surface area (Å²) in [4.78, 5) is 15.3. The highest BCUT2D eigenvalue weighted by molar-refractivity contribution is 5.78. The number of nitrogens with one attached hydrogen (secondary N) is 1. The number of hydrogen-bond acceptors (Lipinski definition) is 4. The van der Waals surface area contributed by atoms with Crippen molar-refractivity contribution in [2.75, 3.05) is 6.54 Å². The summed E-state index contributed by atoms with van der Waals surface area (Å²) in [5.41, 5.74) is 5.35. The Morgan fingerprint density at radius 1 is 1.79 bits per heavy atom. The Kier molecular flexibility index (Phi) is 3.64. The van der Waals surface area contributed by atoms with Crippen LogP contribution in [0.3, 0.4) is 0 Å². The fourth-order valence-corrected chi connectivity index (χ4v) is 0.927. The lowest BCUT2D eigenvalue weighted by Crippen LogP contribution is -2.32. The lowest BCUT2D eigenvalue weighted by molar-refractivity contribution is -0.124. The Morgan fingerprint density at radius 3 is 3.00 bits per heavy atom. The van der Waals surface area contributed by atoms with Crippen LogP contribution in [0.25, 0.3) is 0 Å². The van der Waals surface area contributed by atoms with Gasteiger partial charge in [0.25, 0.3) is 0 Å². The Labute approximate surface area is 82.7 Å². The minimum Gasteiger partial charge on any atom is -0.444 e. The van der Waals surface area contributed by atoms with Crippen molar-refractivity contribution in [1.82, 2.24) is 10.3 Å². The molecule has 1 aromatic heterocycles. The van der Waals surface area contributed by atoms with Gasteiger partial charge in [-0.25, -0.2) is 4.98 Å². The highest BCUT2D eigenvalue weighted by atomic mass is 16.4. The van der Waals surface area contributed by atoms with Crippen LogP contribution in [0.15, 0.2) is 10.6 Å². The Hall–Kier alpha value is -1.36. The van der Waals surface area contributed by atoms with E-state index in [1.165, 1.54) is 0 Å². The molecule has 0 saturated heterocycles. The van der Waals surface area contributed by atoms with E-state index in [-0.39, 0.29) is 11.8 Å². The van der Waals surface area contributed by atoms with Gasteiger partial charge in [-0.15, -0.1) is 0 Å². The number of oxazole rings is 1. The van der Waals surface area contributed by atoms with Crippen LogP contribution in [0, 0.1) is 12.8 Å². The maximum atomic E-state index is 11.3. The Morgan fingerprint density at radius 2 is 2.50 bits per heavy atom. The topological polar surface area (TPSA) is 81.2 Å². The molecule has 1 amide bonds. The summed E-state index contributed by atoms with van der Waals surface area (Å²) >= 11 is 0. The third-order valence-electron chi connectivity index (χ3n) is 1.88. The van der Waals surface area contributed by atoms with Crippen molar-refractivity contribution in [2.45, 2.75) is 20.4 Å². The van der Waals surface area contributed by atoms with Crippen molar-refractivity contribution in [3.05, 3.63) is 17.8 Å². The fourth-order valence-electron chi connectivity index (χ4n) is 0.927. The molecule has 0 aromatic carbocycles. The van der Waals surface area contributed by atoms with E-state index in [0.717, 1.165) is 5.76 Å². The lowest BCUT2D eigenvalue weighted by atomic mass is 10.2. The molecule has 1 heterocycles. The monoisotopic (exact) mass is 197 g/mol. The lowest BCUT2D eigenvalue weighted by Gasteiger charge is -2.07. The van der Waals surface area contributed by atoms with Gasteiger partial charge in [-0.3, -0.25) is 4.79 Å². The van der Waals surface area contributed by atoms with Gasteiger partial charge in [0.05, 0.1) is 12.7 Å². The number of carbonyl (C=O) groups excluding carboxylic acids is 1. The van der Waals surface area contributed by atoms with E-state index in [2.05, 4.69) is 10.3 Å². The molecule has 3 N–H and O–H groups in total. The van der Waals surface area contributed by atoms with Gasteiger partial charge in [-0.1, -0.05) is 6.92 Å². The molecule has 0 radical (unpaired) electrons. The molecule has 1 rings (SSSR count). The van der Waals surface area contributed by atoms with Gasteiger partial charge in [0.2, 0.25) is 11.8 Å². The minimum atomic E-state index is -0.175. The van der Waals surface area contributed by atoms with E-state index in [0.29, 0.717) is 19.0 Å². The number of carbonyl (C=O) groups is 1. The molecule has 1 atom stereocenters. The number of aromatic nitrogens is 1. The maximum absolute atomic E-state index is 11.3. The smallest absolute Gasteiger partial charge is 0.224 e. The summed E-state index contributed by atoms with van der Waals surface area (Å²) in [5.74, 6) is 0.996. The van der Waals surface area contributed by atoms with E-state index in [9.17, 15) is 4.79 Å². The number of rotatable bonds is 4. The molecule has 5 nitrogen and oxygen atoms in total. The van der Waals surface area contributed by atoms with E-state index >= 15 is 0 Å². The van der Waals surface area contributed by atoms with Gasteiger partial charge in [0, 0.05) is 12.5 Å². The molecule has 78 valence electrons. The van der Waals surface area contributed by atoms with Crippen LogP contribution in [0.5, 0.6) is 0 Å². The SMILES string of the molecule is Cc1cnc(CNC(=O)C(C)CN)o1. The summed E-state index contributed by atoms with van der Waals surface area (Å²) in [6.45, 7) is 4.24. The Bertz CT molecular complexity index is 309. The summed E-state index contributed by atoms with van der Waals surface area (Å²) in [5, 5.41) is 2.69. The highest BCUT2D eigenvalue weighted by Crippen LogP contribution is 2.01. The molecule has 0 aliphatic rings. The van der Waals surface area contributed by atoms with Crippen molar-refractivity contribution < 1.29 is 9.21 Å². The second-order valence-electron chi connectivity index (χ2n) is 3.22. The highest BCUT2D eigenvalue weighted by Gasteiger charge is 2.10. The van der Waals surface area contributed by atoms with Crippen LogP contribution in [0.4, 0.5) is 0 Å². The molecule has 5 heteroatoms. The minimum absolute atomic E-state index is 0.0802. The molecule has 0 saturated carbocycles. The number of amides is 1. The predicted octanol–water partition coefficient (Wildman–Crippen LogP) is 0.194. The zero-order chi connectivity index (χ0) is 10.6. The molecule has 0 aliphatic heterocycles. The first-order chi connectivity index (χ1) is 6.63. The van der Waals surface area contributed by atoms with Gasteiger partial charge in [0.15, 0.2) is 0 Å². The molecule has 1 aromatic rings. The number of aryl methyl sites for hydroxylation is 1. The number of hydrogen-bond donors (Lipinski definition) is 2. The van der Waals surface area contributed by atoms with Crippen LogP contribution >= 0.6 is 0 Å². The molecule has 0 aliphatic carbocycles. The zero-order valence-corrected chi connectivity index (χ0v) is 8.41. The average Bonchev–Trinajstić information content (AvgIpc) is 2.59. The molecule has 0 bridgehead atoms. The van der Waals surface area contributed by atoms with Gasteiger partial charge >= 0.3 is 0 Å². The van der Waals surface area contributed by atoms with Gasteiger partial charge in [0.1, 0.15) is 5.76 Å². The first kappa shape index (κ1) is 10.7. The maximum Gasteiger partial charge on any atom is 0.224 e. The van der Waals surface area contributed by atoms with Crippen molar-refractivity contribution in [1.29, 1.82) is 0 Å². The molecule has 0 fully saturated rings. The van der Waals surface area contributed by atoms with Crippen molar-refractivity contribution in [2.24, 2.45) is 11.7 Å². The van der Waals surface area contributed by atoms with Crippen molar-refractivity contribution in [3.63, 3.8) is 0 Å². The molecular weight excluding hydrogens is 182 g/mol. The predicted molar refractivity (Wildman–Crippen MR) is 51.3 cm³/mol. The third kappa shape index (κ3) is 2.85. The fraction of sp³-hybridized carbons (Fsp3) is 0.556. The van der Waals surface area contributed by atoms with Gasteiger partial charge < -0.3 is 15.5 Å². The van der Waals surface area contributed by atoms with Crippen LogP contribution < -0.4 is 11.1 Å². The molecule has 0 spiro atoms. The summed E-state index contributed by atoms with van der Waals surface area (Å²) in [7, 11) is 0. The second-order valence-corrected chi connectivity index (χ2v) is 3.22. The summed E-state index contributed by atoms with van der Waals surface area (Å²) in [6.07, 6.45) is 1.62. The summed E-state index contributed by atoms with van der Waals surface area (Å²) in [6, 6.07) is 0. The molecule has 1 unspecified atom stereocenters. The van der Waals surface area contributed by atoms with E-state index in [1.54, 1.807) is 20.0 Å². The second kappa shape index (κ2) is 4.76. The van der Waals surface area contributed by atoms with Crippen LogP contribution in [0.1, 0.15) is 18.6 Å². The zero-order valence-electron chi connectivity index (χ0n) is 8.41. The van der Waals surface area contributed by atoms with E-state index < -0.39 is 0 Å². The molecule has 14 heavy (non-hydrogen) atoms. The summed E-state index contributed by atoms with van der Waals surface area (Å²) < 4.78 is 5.19. The molecular formula is C9H15N3O2.